The third-order valence-electron chi connectivity index (χ3n) is 5.16. The molecule has 1 fully saturated rings. The molecule has 0 atom stereocenters. The molecule has 0 amide bonds. The third kappa shape index (κ3) is 3.01. The first kappa shape index (κ1) is 13.9. The molecular formula is C18H28N2. The van der Waals surface area contributed by atoms with E-state index in [1.54, 1.807) is 11.1 Å². The Labute approximate surface area is 123 Å². The largest absolute Gasteiger partial charge is 0.385 e. The minimum atomic E-state index is 0.853. The van der Waals surface area contributed by atoms with Crippen LogP contribution in [-0.2, 0) is 13.0 Å². The maximum Gasteiger partial charge on any atom is 0.0375 e. The van der Waals surface area contributed by atoms with Crippen molar-refractivity contribution in [2.45, 2.75) is 46.1 Å². The Balaban J connectivity index is 1.64. The zero-order valence-electron chi connectivity index (χ0n) is 13.0. The number of nitrogens with one attached hydrogen (secondary N) is 1. The van der Waals surface area contributed by atoms with E-state index in [4.69, 9.17) is 0 Å². The summed E-state index contributed by atoms with van der Waals surface area (Å²) in [4.78, 5) is 2.66. The summed E-state index contributed by atoms with van der Waals surface area (Å²) in [6.07, 6.45) is 5.29. The predicted octanol–water partition coefficient (Wildman–Crippen LogP) is 3.91. The summed E-state index contributed by atoms with van der Waals surface area (Å²) in [5, 5.41) is 3.54. The molecule has 2 aliphatic heterocycles. The molecule has 2 heterocycles. The molecule has 0 aliphatic carbocycles. The van der Waals surface area contributed by atoms with Gasteiger partial charge in [-0.2, -0.15) is 0 Å². The molecule has 0 aromatic heterocycles. The summed E-state index contributed by atoms with van der Waals surface area (Å²) in [5.74, 6) is 1.79. The maximum atomic E-state index is 3.54. The zero-order chi connectivity index (χ0) is 13.9. The molecule has 0 unspecified atom stereocenters. The first-order valence-electron chi connectivity index (χ1n) is 8.31. The van der Waals surface area contributed by atoms with Crippen molar-refractivity contribution in [1.29, 1.82) is 0 Å². The fourth-order valence-corrected chi connectivity index (χ4v) is 3.75. The standard InChI is InChI=1S/C18H28N2/c1-14(2)15-8-11-20(12-9-15)13-16-5-3-7-18-17(16)6-4-10-19-18/h3,5,7,14-15,19H,4,6,8-13H2,1-2H3. The quantitative estimate of drug-likeness (QED) is 0.897. The lowest BCUT2D eigenvalue weighted by Crippen LogP contribution is -2.35. The number of anilines is 1. The van der Waals surface area contributed by atoms with Gasteiger partial charge in [-0.15, -0.1) is 0 Å². The monoisotopic (exact) mass is 272 g/mol. The molecule has 20 heavy (non-hydrogen) atoms. The molecule has 2 aliphatic rings. The molecule has 3 rings (SSSR count). The van der Waals surface area contributed by atoms with Gasteiger partial charge in [0.05, 0.1) is 0 Å². The van der Waals surface area contributed by atoms with Crippen LogP contribution in [0.5, 0.6) is 0 Å². The third-order valence-corrected chi connectivity index (χ3v) is 5.16. The van der Waals surface area contributed by atoms with Gasteiger partial charge in [0.1, 0.15) is 0 Å². The summed E-state index contributed by atoms with van der Waals surface area (Å²) in [6.45, 7) is 9.59. The average molecular weight is 272 g/mol. The van der Waals surface area contributed by atoms with Crippen LogP contribution in [0.2, 0.25) is 0 Å². The van der Waals surface area contributed by atoms with E-state index in [-0.39, 0.29) is 0 Å². The fraction of sp³-hybridized carbons (Fsp3) is 0.667. The van der Waals surface area contributed by atoms with Crippen molar-refractivity contribution in [3.05, 3.63) is 29.3 Å². The number of hydrogen-bond acceptors (Lipinski definition) is 2. The Kier molecular flexibility index (Phi) is 4.30. The van der Waals surface area contributed by atoms with Gasteiger partial charge < -0.3 is 5.32 Å². The van der Waals surface area contributed by atoms with Gasteiger partial charge in [-0.25, -0.2) is 0 Å². The van der Waals surface area contributed by atoms with Gasteiger partial charge in [0.15, 0.2) is 0 Å². The molecule has 0 saturated carbocycles. The van der Waals surface area contributed by atoms with Crippen molar-refractivity contribution in [3.8, 4) is 0 Å². The van der Waals surface area contributed by atoms with E-state index >= 15 is 0 Å². The summed E-state index contributed by atoms with van der Waals surface area (Å²) >= 11 is 0. The van der Waals surface area contributed by atoms with Gasteiger partial charge in [-0.3, -0.25) is 4.90 Å². The van der Waals surface area contributed by atoms with Gasteiger partial charge in [0, 0.05) is 18.8 Å². The summed E-state index contributed by atoms with van der Waals surface area (Å²) in [5.41, 5.74) is 4.51. The highest BCUT2D eigenvalue weighted by molar-refractivity contribution is 5.56. The van der Waals surface area contributed by atoms with E-state index < -0.39 is 0 Å². The number of rotatable bonds is 3. The smallest absolute Gasteiger partial charge is 0.0375 e. The van der Waals surface area contributed by atoms with Crippen LogP contribution in [-0.4, -0.2) is 24.5 Å². The predicted molar refractivity (Wildman–Crippen MR) is 86.1 cm³/mol. The van der Waals surface area contributed by atoms with E-state index in [1.807, 2.05) is 0 Å². The van der Waals surface area contributed by atoms with Gasteiger partial charge in [-0.1, -0.05) is 26.0 Å². The number of piperidine rings is 1. The summed E-state index contributed by atoms with van der Waals surface area (Å²) in [7, 11) is 0. The van der Waals surface area contributed by atoms with Crippen molar-refractivity contribution in [2.24, 2.45) is 11.8 Å². The molecule has 1 aromatic rings. The molecule has 1 aromatic carbocycles. The van der Waals surface area contributed by atoms with Crippen LogP contribution in [0.3, 0.4) is 0 Å². The van der Waals surface area contributed by atoms with Crippen LogP contribution in [0.4, 0.5) is 5.69 Å². The van der Waals surface area contributed by atoms with Gasteiger partial charge >= 0.3 is 0 Å². The summed E-state index contributed by atoms with van der Waals surface area (Å²) in [6, 6.07) is 6.79. The second kappa shape index (κ2) is 6.17. The second-order valence-electron chi connectivity index (χ2n) is 6.83. The van der Waals surface area contributed by atoms with Gasteiger partial charge in [-0.05, 0) is 67.8 Å². The average Bonchev–Trinajstić information content (AvgIpc) is 2.48. The van der Waals surface area contributed by atoms with Crippen molar-refractivity contribution >= 4 is 5.69 Å². The second-order valence-corrected chi connectivity index (χ2v) is 6.83. The number of fused-ring (bicyclic) bond motifs is 1. The molecule has 0 spiro atoms. The van der Waals surface area contributed by atoms with Crippen LogP contribution < -0.4 is 5.32 Å². The highest BCUT2D eigenvalue weighted by Crippen LogP contribution is 2.29. The lowest BCUT2D eigenvalue weighted by molar-refractivity contribution is 0.151. The lowest BCUT2D eigenvalue weighted by atomic mass is 9.86. The molecule has 0 radical (unpaired) electrons. The molecule has 0 bridgehead atoms. The van der Waals surface area contributed by atoms with E-state index in [0.29, 0.717) is 0 Å². The molecular weight excluding hydrogens is 244 g/mol. The van der Waals surface area contributed by atoms with Crippen molar-refractivity contribution in [2.75, 3.05) is 25.0 Å². The van der Waals surface area contributed by atoms with Gasteiger partial charge in [0.2, 0.25) is 0 Å². The highest BCUT2D eigenvalue weighted by atomic mass is 15.1. The van der Waals surface area contributed by atoms with Crippen LogP contribution in [0.1, 0.15) is 44.2 Å². The van der Waals surface area contributed by atoms with Gasteiger partial charge in [0.25, 0.3) is 0 Å². The molecule has 110 valence electrons. The number of likely N-dealkylation sites (tertiary alicyclic amines) is 1. The minimum absolute atomic E-state index is 0.853. The number of nitrogens with zero attached hydrogens (tertiary/aromatic N) is 1. The Bertz CT molecular complexity index is 445. The Morgan fingerprint density at radius 3 is 2.80 bits per heavy atom. The molecule has 2 nitrogen and oxygen atoms in total. The number of benzene rings is 1. The minimum Gasteiger partial charge on any atom is -0.385 e. The van der Waals surface area contributed by atoms with Crippen LogP contribution in [0, 0.1) is 11.8 Å². The van der Waals surface area contributed by atoms with Crippen LogP contribution in [0.25, 0.3) is 0 Å². The highest BCUT2D eigenvalue weighted by Gasteiger charge is 2.22. The van der Waals surface area contributed by atoms with Crippen molar-refractivity contribution < 1.29 is 0 Å². The molecule has 1 saturated heterocycles. The van der Waals surface area contributed by atoms with E-state index in [0.717, 1.165) is 24.9 Å². The maximum absolute atomic E-state index is 3.54. The Morgan fingerprint density at radius 1 is 1.25 bits per heavy atom. The first-order chi connectivity index (χ1) is 9.74. The van der Waals surface area contributed by atoms with E-state index in [2.05, 4.69) is 42.3 Å². The van der Waals surface area contributed by atoms with Crippen LogP contribution in [0.15, 0.2) is 18.2 Å². The topological polar surface area (TPSA) is 15.3 Å². The van der Waals surface area contributed by atoms with E-state index in [9.17, 15) is 0 Å². The Hall–Kier alpha value is -1.02. The zero-order valence-corrected chi connectivity index (χ0v) is 13.0. The van der Waals surface area contributed by atoms with Crippen LogP contribution >= 0.6 is 0 Å². The summed E-state index contributed by atoms with van der Waals surface area (Å²) < 4.78 is 0. The van der Waals surface area contributed by atoms with Crippen molar-refractivity contribution in [3.63, 3.8) is 0 Å². The SMILES string of the molecule is CC(C)C1CCN(Cc2cccc3c2CCCN3)CC1. The lowest BCUT2D eigenvalue weighted by Gasteiger charge is -2.34. The fourth-order valence-electron chi connectivity index (χ4n) is 3.75. The first-order valence-corrected chi connectivity index (χ1v) is 8.31. The molecule has 2 heteroatoms. The number of hydrogen-bond donors (Lipinski definition) is 1. The molecule has 1 N–H and O–H groups in total. The Morgan fingerprint density at radius 2 is 2.05 bits per heavy atom. The van der Waals surface area contributed by atoms with E-state index in [1.165, 1.54) is 44.5 Å². The van der Waals surface area contributed by atoms with Crippen molar-refractivity contribution in [1.82, 2.24) is 4.90 Å². The normalized spacial score (nSPS) is 20.8.